The summed E-state index contributed by atoms with van der Waals surface area (Å²) in [7, 11) is -3.50. The molecule has 0 heterocycles. The van der Waals surface area contributed by atoms with Crippen molar-refractivity contribution in [1.29, 1.82) is 0 Å². The first-order valence-electron chi connectivity index (χ1n) is 6.30. The van der Waals surface area contributed by atoms with Crippen LogP contribution in [0.3, 0.4) is 0 Å². The number of amides is 1. The lowest BCUT2D eigenvalue weighted by Crippen LogP contribution is -2.23. The molecule has 0 aliphatic rings. The lowest BCUT2D eigenvalue weighted by molar-refractivity contribution is 0.0950. The van der Waals surface area contributed by atoms with Crippen molar-refractivity contribution in [1.82, 2.24) is 5.32 Å². The fourth-order valence-electron chi connectivity index (χ4n) is 1.85. The van der Waals surface area contributed by atoms with Crippen LogP contribution < -0.4 is 5.32 Å². The van der Waals surface area contributed by atoms with Crippen molar-refractivity contribution in [2.75, 3.05) is 6.26 Å². The summed E-state index contributed by atoms with van der Waals surface area (Å²) in [6.07, 6.45) is 1.04. The summed E-state index contributed by atoms with van der Waals surface area (Å²) in [5.41, 5.74) is 0.992. The van der Waals surface area contributed by atoms with Crippen molar-refractivity contribution in [2.24, 2.45) is 0 Å². The van der Waals surface area contributed by atoms with Gasteiger partial charge in [-0.25, -0.2) is 8.42 Å². The van der Waals surface area contributed by atoms with Crippen LogP contribution in [-0.4, -0.2) is 20.6 Å². The molecule has 4 nitrogen and oxygen atoms in total. The summed E-state index contributed by atoms with van der Waals surface area (Å²) >= 11 is 11.9. The molecule has 0 saturated carbocycles. The van der Waals surface area contributed by atoms with E-state index in [2.05, 4.69) is 5.32 Å². The fourth-order valence-corrected chi connectivity index (χ4v) is 3.35. The van der Waals surface area contributed by atoms with Gasteiger partial charge in [-0.05, 0) is 29.8 Å². The Balaban J connectivity index is 2.19. The molecule has 7 heteroatoms. The van der Waals surface area contributed by atoms with Gasteiger partial charge in [0.1, 0.15) is 0 Å². The Morgan fingerprint density at radius 2 is 1.77 bits per heavy atom. The second-order valence-electron chi connectivity index (χ2n) is 4.69. The van der Waals surface area contributed by atoms with Crippen LogP contribution in [0.4, 0.5) is 0 Å². The molecular weight excluding hydrogens is 345 g/mol. The average Bonchev–Trinajstić information content (AvgIpc) is 2.45. The molecule has 0 aliphatic heterocycles. The molecule has 0 aliphatic carbocycles. The lowest BCUT2D eigenvalue weighted by Gasteiger charge is -2.09. The number of hydrogen-bond acceptors (Lipinski definition) is 3. The van der Waals surface area contributed by atoms with Gasteiger partial charge in [-0.3, -0.25) is 4.79 Å². The minimum absolute atomic E-state index is 0.0699. The third-order valence-corrected chi connectivity index (χ3v) is 4.94. The van der Waals surface area contributed by atoms with Crippen molar-refractivity contribution in [2.45, 2.75) is 11.4 Å². The molecule has 22 heavy (non-hydrogen) atoms. The van der Waals surface area contributed by atoms with E-state index in [0.29, 0.717) is 5.02 Å². The van der Waals surface area contributed by atoms with Crippen molar-refractivity contribution in [3.63, 3.8) is 0 Å². The van der Waals surface area contributed by atoms with Gasteiger partial charge in [-0.1, -0.05) is 41.4 Å². The molecule has 0 radical (unpaired) electrons. The Labute approximate surface area is 139 Å². The van der Waals surface area contributed by atoms with Crippen molar-refractivity contribution in [3.05, 3.63) is 63.6 Å². The van der Waals surface area contributed by atoms with Gasteiger partial charge in [0.15, 0.2) is 9.84 Å². The van der Waals surface area contributed by atoms with Crippen LogP contribution in [-0.2, 0) is 16.4 Å². The van der Waals surface area contributed by atoms with Crippen molar-refractivity contribution >= 4 is 38.9 Å². The first kappa shape index (κ1) is 16.8. The van der Waals surface area contributed by atoms with Crippen molar-refractivity contribution < 1.29 is 13.2 Å². The molecule has 0 fully saturated rings. The minimum atomic E-state index is -3.50. The first-order chi connectivity index (χ1) is 10.3. The highest BCUT2D eigenvalue weighted by Crippen LogP contribution is 2.22. The van der Waals surface area contributed by atoms with Gasteiger partial charge in [0.25, 0.3) is 5.91 Å². The second-order valence-corrected chi connectivity index (χ2v) is 7.49. The maximum absolute atomic E-state index is 12.1. The molecule has 116 valence electrons. The Morgan fingerprint density at radius 3 is 2.41 bits per heavy atom. The van der Waals surface area contributed by atoms with Crippen molar-refractivity contribution in [3.8, 4) is 0 Å². The predicted molar refractivity (Wildman–Crippen MR) is 87.2 cm³/mol. The predicted octanol–water partition coefficient (Wildman–Crippen LogP) is 3.33. The van der Waals surface area contributed by atoms with Crippen LogP contribution in [0, 0.1) is 0 Å². The normalized spacial score (nSPS) is 11.2. The maximum atomic E-state index is 12.1. The quantitative estimate of drug-likeness (QED) is 0.912. The molecular formula is C15H13Cl2NO3S. The van der Waals surface area contributed by atoms with Gasteiger partial charge in [-0.15, -0.1) is 0 Å². The summed E-state index contributed by atoms with van der Waals surface area (Å²) < 4.78 is 23.2. The van der Waals surface area contributed by atoms with E-state index in [4.69, 9.17) is 23.2 Å². The second kappa shape index (κ2) is 6.69. The standard InChI is InChI=1S/C15H13Cl2NO3S/c1-22(20,21)14-8-10(6-7-13(14)17)15(19)18-9-11-4-2-3-5-12(11)16/h2-8H,9H2,1H3,(H,18,19). The van der Waals surface area contributed by atoms with E-state index >= 15 is 0 Å². The summed E-state index contributed by atoms with van der Waals surface area (Å²) in [5.74, 6) is -0.401. The summed E-state index contributed by atoms with van der Waals surface area (Å²) in [6.45, 7) is 0.245. The maximum Gasteiger partial charge on any atom is 0.251 e. The highest BCUT2D eigenvalue weighted by molar-refractivity contribution is 7.90. The molecule has 2 aromatic rings. The molecule has 2 aromatic carbocycles. The van der Waals surface area contributed by atoms with Gasteiger partial charge in [0.05, 0.1) is 9.92 Å². The Bertz CT molecular complexity index is 819. The van der Waals surface area contributed by atoms with Crippen LogP contribution >= 0.6 is 23.2 Å². The number of rotatable bonds is 4. The van der Waals surface area contributed by atoms with Gasteiger partial charge >= 0.3 is 0 Å². The van der Waals surface area contributed by atoms with Gasteiger partial charge < -0.3 is 5.32 Å². The molecule has 0 saturated heterocycles. The summed E-state index contributed by atoms with van der Waals surface area (Å²) in [5, 5.41) is 3.33. The smallest absolute Gasteiger partial charge is 0.251 e. The number of benzene rings is 2. The largest absolute Gasteiger partial charge is 0.348 e. The van der Waals surface area contributed by atoms with E-state index in [-0.39, 0.29) is 22.0 Å². The average molecular weight is 358 g/mol. The highest BCUT2D eigenvalue weighted by Gasteiger charge is 2.15. The molecule has 1 N–H and O–H groups in total. The van der Waals surface area contributed by atoms with Gasteiger partial charge in [-0.2, -0.15) is 0 Å². The number of halogens is 2. The van der Waals surface area contributed by atoms with E-state index in [1.807, 2.05) is 6.07 Å². The van der Waals surface area contributed by atoms with E-state index in [9.17, 15) is 13.2 Å². The number of hydrogen-bond donors (Lipinski definition) is 1. The SMILES string of the molecule is CS(=O)(=O)c1cc(C(=O)NCc2ccccc2Cl)ccc1Cl. The Kier molecular flexibility index (Phi) is 5.11. The fraction of sp³-hybridized carbons (Fsp3) is 0.133. The summed E-state index contributed by atoms with van der Waals surface area (Å²) in [4.78, 5) is 12.1. The minimum Gasteiger partial charge on any atom is -0.348 e. The summed E-state index contributed by atoms with van der Waals surface area (Å²) in [6, 6.07) is 11.3. The highest BCUT2D eigenvalue weighted by atomic mass is 35.5. The molecule has 0 aromatic heterocycles. The zero-order valence-corrected chi connectivity index (χ0v) is 14.0. The molecule has 0 atom stereocenters. The Hall–Kier alpha value is -1.56. The third-order valence-electron chi connectivity index (χ3n) is 2.99. The monoisotopic (exact) mass is 357 g/mol. The zero-order valence-electron chi connectivity index (χ0n) is 11.6. The topological polar surface area (TPSA) is 63.2 Å². The molecule has 2 rings (SSSR count). The third kappa shape index (κ3) is 4.00. The zero-order chi connectivity index (χ0) is 16.3. The first-order valence-corrected chi connectivity index (χ1v) is 8.95. The molecule has 1 amide bonds. The number of sulfone groups is 1. The molecule has 0 spiro atoms. The molecule has 0 unspecified atom stereocenters. The van der Waals surface area contributed by atoms with E-state index in [1.54, 1.807) is 18.2 Å². The molecule has 0 bridgehead atoms. The van der Waals surface area contributed by atoms with E-state index in [1.165, 1.54) is 18.2 Å². The number of nitrogens with one attached hydrogen (secondary N) is 1. The van der Waals surface area contributed by atoms with Crippen LogP contribution in [0.25, 0.3) is 0 Å². The van der Waals surface area contributed by atoms with Crippen LogP contribution in [0.5, 0.6) is 0 Å². The van der Waals surface area contributed by atoms with E-state index < -0.39 is 15.7 Å². The van der Waals surface area contributed by atoms with Gasteiger partial charge in [0, 0.05) is 23.4 Å². The van der Waals surface area contributed by atoms with Gasteiger partial charge in [0.2, 0.25) is 0 Å². The van der Waals surface area contributed by atoms with Crippen LogP contribution in [0.2, 0.25) is 10.0 Å². The number of carbonyl (C=O) groups excluding carboxylic acids is 1. The number of carbonyl (C=O) groups is 1. The van der Waals surface area contributed by atoms with E-state index in [0.717, 1.165) is 11.8 Å². The lowest BCUT2D eigenvalue weighted by atomic mass is 10.2. The van der Waals surface area contributed by atoms with Crippen LogP contribution in [0.15, 0.2) is 47.4 Å². The Morgan fingerprint density at radius 1 is 1.09 bits per heavy atom. The van der Waals surface area contributed by atoms with Crippen LogP contribution in [0.1, 0.15) is 15.9 Å².